The summed E-state index contributed by atoms with van der Waals surface area (Å²) in [5.74, 6) is -6.08. The molecule has 20 nitrogen and oxygen atoms in total. The smallest absolute Gasteiger partial charge is 0.341 e. The van der Waals surface area contributed by atoms with Crippen LogP contribution in [0.5, 0.6) is 17.2 Å². The first-order valence-electron chi connectivity index (χ1n) is 19.0. The Morgan fingerprint density at radius 1 is 0.984 bits per heavy atom. The number of ketones is 3. The second-order valence-corrected chi connectivity index (χ2v) is 14.8. The topological polar surface area (TPSA) is 289 Å². The summed E-state index contributed by atoms with van der Waals surface area (Å²) in [5, 5.41) is 62.4. The fourth-order valence-corrected chi connectivity index (χ4v) is 7.85. The molecule has 3 aromatic carbocycles. The van der Waals surface area contributed by atoms with Crippen LogP contribution in [0.3, 0.4) is 0 Å². The van der Waals surface area contributed by atoms with Gasteiger partial charge < -0.3 is 59.9 Å². The number of aromatic hydroxyl groups is 2. The van der Waals surface area contributed by atoms with Gasteiger partial charge in [-0.1, -0.05) is 12.1 Å². The molecule has 326 valence electrons. The number of carbonyl (C=O) groups is 5. The number of aliphatic hydroxyl groups excluding tert-OH is 1. The average molecular weight is 871 g/mol. The van der Waals surface area contributed by atoms with Crippen molar-refractivity contribution in [1.82, 2.24) is 5.01 Å². The molecule has 4 aliphatic rings. The van der Waals surface area contributed by atoms with Crippen LogP contribution in [-0.4, -0.2) is 123 Å². The van der Waals surface area contributed by atoms with E-state index in [-0.39, 0.29) is 62.9 Å². The van der Waals surface area contributed by atoms with Crippen LogP contribution in [0.15, 0.2) is 47.7 Å². The van der Waals surface area contributed by atoms with Crippen molar-refractivity contribution < 1.29 is 77.9 Å². The zero-order valence-corrected chi connectivity index (χ0v) is 33.6. The van der Waals surface area contributed by atoms with Crippen LogP contribution in [0.2, 0.25) is 0 Å². The summed E-state index contributed by atoms with van der Waals surface area (Å²) in [5.41, 5.74) is 1.72. The van der Waals surface area contributed by atoms with Crippen molar-refractivity contribution in [3.05, 3.63) is 92.2 Å². The first-order valence-corrected chi connectivity index (χ1v) is 19.0. The second-order valence-electron chi connectivity index (χ2n) is 14.8. The van der Waals surface area contributed by atoms with Crippen LogP contribution in [0, 0.1) is 5.21 Å². The lowest BCUT2D eigenvalue weighted by atomic mass is 9.72. The van der Waals surface area contributed by atoms with Gasteiger partial charge in [0.2, 0.25) is 16.8 Å². The van der Waals surface area contributed by atoms with Gasteiger partial charge in [0, 0.05) is 42.0 Å². The number of methoxy groups -OCH3 is 1. The van der Waals surface area contributed by atoms with Gasteiger partial charge >= 0.3 is 11.9 Å². The van der Waals surface area contributed by atoms with Crippen molar-refractivity contribution in [3.8, 4) is 17.2 Å². The predicted octanol–water partition coefficient (Wildman–Crippen LogP) is 2.31. The van der Waals surface area contributed by atoms with E-state index in [1.54, 1.807) is 6.92 Å². The van der Waals surface area contributed by atoms with Crippen LogP contribution < -0.4 is 10.5 Å². The van der Waals surface area contributed by atoms with Gasteiger partial charge in [0.1, 0.15) is 22.8 Å². The van der Waals surface area contributed by atoms with Crippen LogP contribution in [-0.2, 0) is 35.0 Å². The zero-order chi connectivity index (χ0) is 43.0. The Labute approximate surface area is 353 Å². The van der Waals surface area contributed by atoms with Crippen LogP contribution >= 0.6 is 12.4 Å². The maximum Gasteiger partial charge on any atom is 0.341 e. The van der Waals surface area contributed by atoms with Crippen LogP contribution in [0.1, 0.15) is 102 Å². The normalized spacial score (nSPS) is 24.4. The molecule has 0 bridgehead atoms. The number of fused-ring (bicyclic) bond motifs is 3. The van der Waals surface area contributed by atoms with Crippen LogP contribution in [0.4, 0.5) is 0 Å². The van der Waals surface area contributed by atoms with E-state index >= 15 is 0 Å². The summed E-state index contributed by atoms with van der Waals surface area (Å²) in [7, 11) is 1.30. The molecule has 2 fully saturated rings. The second kappa shape index (κ2) is 18.0. The summed E-state index contributed by atoms with van der Waals surface area (Å²) in [4.78, 5) is 72.1. The van der Waals surface area contributed by atoms with Gasteiger partial charge in [0.25, 0.3) is 6.79 Å². The zero-order valence-electron chi connectivity index (χ0n) is 32.8. The number of Topliss-reactive ketones (excluding diaryl/α,β-unsaturated/α-hetero) is 1. The van der Waals surface area contributed by atoms with E-state index in [1.165, 1.54) is 54.6 Å². The Bertz CT molecular complexity index is 2250. The minimum absolute atomic E-state index is 0. The Balaban J connectivity index is 0.00000622. The standard InChI is InChI=1S/C40H42N4O16.ClH/c1-19-33(46)24(41)14-28(59-19)60-26-16-40(53,15-23-30(26)37(50)32-31(35(23)48)34(47)22-6-5-7-25(55-2)29(22)36(32)49)27(45)17-56-38(51)20-8-10-21(11-9-20)39(52)57-18-58-42-44(54)43-12-3-4-13-43;/h5-11,19,24,26,28,33,46,48,50,53H,3-4,12-18,41H2,1-2H3;1H/b44-42-;/t19-,24-,26-,28-,33+,40-;/m0./s1. The predicted molar refractivity (Wildman–Crippen MR) is 207 cm³/mol. The number of hydrogen-bond donors (Lipinski definition) is 5. The fraction of sp³-hybridized carbons (Fsp3) is 0.425. The lowest BCUT2D eigenvalue weighted by molar-refractivity contribution is -0.708. The highest BCUT2D eigenvalue weighted by molar-refractivity contribution is 6.31. The highest BCUT2D eigenvalue weighted by Crippen LogP contribution is 2.52. The Morgan fingerprint density at radius 3 is 2.26 bits per heavy atom. The average Bonchev–Trinajstić information content (AvgIpc) is 3.79. The number of rotatable bonds is 12. The van der Waals surface area contributed by atoms with E-state index in [9.17, 15) is 49.6 Å². The number of halogens is 1. The van der Waals surface area contributed by atoms with Crippen molar-refractivity contribution in [2.24, 2.45) is 11.0 Å². The third kappa shape index (κ3) is 8.54. The molecule has 0 spiro atoms. The molecule has 2 aliphatic carbocycles. The molecule has 21 heteroatoms. The van der Waals surface area contributed by atoms with Gasteiger partial charge in [0.05, 0.1) is 71.3 Å². The largest absolute Gasteiger partial charge is 0.569 e. The van der Waals surface area contributed by atoms with Crippen molar-refractivity contribution in [3.63, 3.8) is 0 Å². The molecular formula is C40H43ClN4O16. The summed E-state index contributed by atoms with van der Waals surface area (Å²) in [6.07, 6.45) is -4.25. The molecule has 6 atom stereocenters. The summed E-state index contributed by atoms with van der Waals surface area (Å²) < 4.78 is 27.5. The molecule has 3 aromatic rings. The van der Waals surface area contributed by atoms with Crippen LogP contribution in [0.25, 0.3) is 0 Å². The SMILES string of the molecule is COc1cccc2c1C(=O)c1c(O)c3c(c(O)c1C2=O)C[C@@](O)(C(=O)COC(=O)c1ccc(C(=O)OCO/N=[N+](\[O-])N2CCCC2)cc1)C[C@@H]3O[C@H]1C[C@H](N)[C@H](O)[C@H](C)O1.Cl. The number of benzene rings is 3. The number of phenols is 2. The van der Waals surface area contributed by atoms with E-state index in [2.05, 4.69) is 5.28 Å². The number of carbonyl (C=O) groups excluding carboxylic acids is 5. The van der Waals surface area contributed by atoms with Gasteiger partial charge in [-0.2, -0.15) is 0 Å². The van der Waals surface area contributed by atoms with Crippen molar-refractivity contribution in [2.75, 3.05) is 33.6 Å². The van der Waals surface area contributed by atoms with Gasteiger partial charge in [-0.25, -0.2) is 9.59 Å². The fourth-order valence-electron chi connectivity index (χ4n) is 7.85. The molecule has 2 heterocycles. The number of nitrogens with zero attached hydrogens (tertiary/aromatic N) is 3. The van der Waals surface area contributed by atoms with Crippen molar-refractivity contribution in [1.29, 1.82) is 0 Å². The molecule has 0 amide bonds. The minimum atomic E-state index is -2.46. The molecule has 0 unspecified atom stereocenters. The molecule has 2 saturated heterocycles. The number of nitrogens with two attached hydrogens (primary N) is 1. The molecule has 0 aromatic heterocycles. The molecule has 0 radical (unpaired) electrons. The quantitative estimate of drug-likeness (QED) is 0.0260. The monoisotopic (exact) mass is 870 g/mol. The highest BCUT2D eigenvalue weighted by Gasteiger charge is 2.50. The molecule has 2 aliphatic heterocycles. The van der Waals surface area contributed by atoms with Crippen molar-refractivity contribution in [2.45, 2.75) is 75.3 Å². The number of esters is 2. The maximum atomic E-state index is 14.0. The first kappa shape index (κ1) is 44.6. The van der Waals surface area contributed by atoms with Gasteiger partial charge in [-0.3, -0.25) is 14.4 Å². The Kier molecular flexibility index (Phi) is 13.2. The number of ether oxygens (including phenoxy) is 5. The van der Waals surface area contributed by atoms with E-state index in [0.717, 1.165) is 12.8 Å². The van der Waals surface area contributed by atoms with E-state index in [0.29, 0.717) is 13.1 Å². The summed E-state index contributed by atoms with van der Waals surface area (Å²) in [6, 6.07) is 8.38. The summed E-state index contributed by atoms with van der Waals surface area (Å²) >= 11 is 0. The lowest BCUT2D eigenvalue weighted by Crippen LogP contribution is -2.53. The van der Waals surface area contributed by atoms with Gasteiger partial charge in [0.15, 0.2) is 18.7 Å². The minimum Gasteiger partial charge on any atom is -0.569 e. The summed E-state index contributed by atoms with van der Waals surface area (Å²) in [6.45, 7) is 0.953. The molecule has 7 rings (SSSR count). The first-order chi connectivity index (χ1) is 28.6. The van der Waals surface area contributed by atoms with Crippen molar-refractivity contribution >= 4 is 41.7 Å². The number of aliphatic hydroxyl groups is 2. The van der Waals surface area contributed by atoms with E-state index in [1.807, 2.05) is 0 Å². The number of hydrazine groups is 1. The molecule has 0 saturated carbocycles. The Hall–Kier alpha value is -5.90. The number of hydrogen-bond acceptors (Lipinski definition) is 18. The number of phenolic OH excluding ortho intramolecular Hbond substituents is 2. The molecule has 61 heavy (non-hydrogen) atoms. The van der Waals surface area contributed by atoms with Gasteiger partial charge in [-0.05, 0) is 50.1 Å². The van der Waals surface area contributed by atoms with E-state index in [4.69, 9.17) is 34.3 Å². The third-order valence-electron chi connectivity index (χ3n) is 11.0. The Morgan fingerprint density at radius 2 is 1.62 bits per heavy atom. The molecule has 6 N–H and O–H groups in total. The molecular weight excluding hydrogens is 828 g/mol. The highest BCUT2D eigenvalue weighted by atomic mass is 35.5. The third-order valence-corrected chi connectivity index (χ3v) is 11.0. The van der Waals surface area contributed by atoms with E-state index < -0.39 is 114 Å². The van der Waals surface area contributed by atoms with Gasteiger partial charge in [-0.15, -0.1) is 17.4 Å². The lowest BCUT2D eigenvalue weighted by Gasteiger charge is -2.42. The maximum absolute atomic E-state index is 14.0.